The maximum absolute atomic E-state index is 13.3. The van der Waals surface area contributed by atoms with Gasteiger partial charge in [0.05, 0.1) is 29.7 Å². The number of amides is 1. The average Bonchev–Trinajstić information content (AvgIpc) is 3.39. The Morgan fingerprint density at radius 1 is 1.12 bits per heavy atom. The summed E-state index contributed by atoms with van der Waals surface area (Å²) in [6.45, 7) is 6.31. The van der Waals surface area contributed by atoms with Gasteiger partial charge in [-0.15, -0.1) is 0 Å². The summed E-state index contributed by atoms with van der Waals surface area (Å²) in [5, 5.41) is 13.0. The SMILES string of the molecule is C=C(/C(=C\C=C/Cl)c1nc2ccc(O)cc2[nH]1)c1ccc(C(=O)N[C@H](CCC)c2ccccc2)cc1C(=O)OC. The lowest BCUT2D eigenvalue weighted by Gasteiger charge is -2.19. The number of nitrogens with zero attached hydrogens (tertiary/aromatic N) is 1. The normalized spacial score (nSPS) is 12.4. The van der Waals surface area contributed by atoms with E-state index in [0.29, 0.717) is 39.1 Å². The largest absolute Gasteiger partial charge is 0.508 e. The number of halogens is 1. The van der Waals surface area contributed by atoms with Crippen molar-refractivity contribution in [2.45, 2.75) is 25.8 Å². The molecule has 0 saturated heterocycles. The number of aromatic nitrogens is 2. The third-order valence-corrected chi connectivity index (χ3v) is 6.62. The first-order valence-electron chi connectivity index (χ1n) is 12.8. The lowest BCUT2D eigenvalue weighted by Crippen LogP contribution is -2.28. The predicted octanol–water partition coefficient (Wildman–Crippen LogP) is 7.18. The number of carbonyl (C=O) groups excluding carboxylic acids is 2. The molecule has 0 bridgehead atoms. The van der Waals surface area contributed by atoms with Crippen molar-refractivity contribution in [2.24, 2.45) is 0 Å². The number of imidazole rings is 1. The van der Waals surface area contributed by atoms with E-state index >= 15 is 0 Å². The van der Waals surface area contributed by atoms with Crippen LogP contribution < -0.4 is 5.32 Å². The number of aromatic amines is 1. The Balaban J connectivity index is 1.71. The van der Waals surface area contributed by atoms with Crippen molar-refractivity contribution in [3.63, 3.8) is 0 Å². The molecule has 0 unspecified atom stereocenters. The molecule has 0 radical (unpaired) electrons. The van der Waals surface area contributed by atoms with Crippen LogP contribution >= 0.6 is 11.6 Å². The smallest absolute Gasteiger partial charge is 0.338 e. The molecule has 1 heterocycles. The van der Waals surface area contributed by atoms with Crippen LogP contribution in [0.2, 0.25) is 0 Å². The topological polar surface area (TPSA) is 104 Å². The lowest BCUT2D eigenvalue weighted by molar-refractivity contribution is 0.0600. The second kappa shape index (κ2) is 13.0. The van der Waals surface area contributed by atoms with Gasteiger partial charge in [-0.3, -0.25) is 4.79 Å². The Hall–Kier alpha value is -4.62. The summed E-state index contributed by atoms with van der Waals surface area (Å²) >= 11 is 5.81. The third kappa shape index (κ3) is 6.33. The second-order valence-corrected chi connectivity index (χ2v) is 9.39. The fourth-order valence-electron chi connectivity index (χ4n) is 4.49. The van der Waals surface area contributed by atoms with Gasteiger partial charge in [-0.1, -0.05) is 74.0 Å². The zero-order valence-corrected chi connectivity index (χ0v) is 23.0. The van der Waals surface area contributed by atoms with Gasteiger partial charge >= 0.3 is 5.97 Å². The zero-order valence-electron chi connectivity index (χ0n) is 22.3. The van der Waals surface area contributed by atoms with Gasteiger partial charge in [0.1, 0.15) is 11.6 Å². The average molecular weight is 556 g/mol. The van der Waals surface area contributed by atoms with Crippen LogP contribution in [0.15, 0.2) is 91.0 Å². The van der Waals surface area contributed by atoms with Crippen molar-refractivity contribution in [3.05, 3.63) is 119 Å². The molecule has 1 aromatic heterocycles. The highest BCUT2D eigenvalue weighted by molar-refractivity contribution is 6.25. The highest BCUT2D eigenvalue weighted by Crippen LogP contribution is 2.33. The molecule has 4 aromatic rings. The summed E-state index contributed by atoms with van der Waals surface area (Å²) in [7, 11) is 1.28. The summed E-state index contributed by atoms with van der Waals surface area (Å²) in [6.07, 6.45) is 4.99. The van der Waals surface area contributed by atoms with E-state index in [0.717, 1.165) is 18.4 Å². The standard InChI is InChI=1S/C32H30ClN3O4/c1-4-9-27(21-10-6-5-7-11-21)36-31(38)22-13-15-24(26(18-22)32(39)40-3)20(2)25(12-8-17-33)30-34-28-16-14-23(37)19-29(28)35-30/h5-8,10-19,27,37H,2,4,9H2,1,3H3,(H,34,35)(H,36,38)/b17-8-,25-12+/t27-/m1/s1. The van der Waals surface area contributed by atoms with Crippen LogP contribution in [0, 0.1) is 0 Å². The summed E-state index contributed by atoms with van der Waals surface area (Å²) in [5.74, 6) is -0.352. The minimum atomic E-state index is -0.610. The maximum Gasteiger partial charge on any atom is 0.338 e. The highest BCUT2D eigenvalue weighted by Gasteiger charge is 2.22. The number of carbonyl (C=O) groups is 2. The minimum absolute atomic E-state index is 0.1000. The van der Waals surface area contributed by atoms with Crippen molar-refractivity contribution < 1.29 is 19.4 Å². The Kier molecular flexibility index (Phi) is 9.19. The second-order valence-electron chi connectivity index (χ2n) is 9.14. The number of methoxy groups -OCH3 is 1. The monoisotopic (exact) mass is 555 g/mol. The summed E-state index contributed by atoms with van der Waals surface area (Å²) in [5.41, 5.74) is 5.61. The van der Waals surface area contributed by atoms with E-state index in [2.05, 4.69) is 28.8 Å². The molecule has 3 N–H and O–H groups in total. The number of ether oxygens (including phenoxy) is 1. The number of hydrogen-bond donors (Lipinski definition) is 3. The fraction of sp³-hybridized carbons (Fsp3) is 0.156. The first-order chi connectivity index (χ1) is 19.4. The van der Waals surface area contributed by atoms with Crippen LogP contribution in [0.1, 0.15) is 63.5 Å². The summed E-state index contributed by atoms with van der Waals surface area (Å²) in [4.78, 5) is 34.0. The number of allylic oxidation sites excluding steroid dienone is 4. The van der Waals surface area contributed by atoms with E-state index in [4.69, 9.17) is 16.3 Å². The molecule has 7 nitrogen and oxygen atoms in total. The minimum Gasteiger partial charge on any atom is -0.508 e. The van der Waals surface area contributed by atoms with Crippen molar-refractivity contribution in [1.82, 2.24) is 15.3 Å². The van der Waals surface area contributed by atoms with E-state index in [1.807, 2.05) is 30.3 Å². The molecule has 204 valence electrons. The summed E-state index contributed by atoms with van der Waals surface area (Å²) < 4.78 is 5.06. The van der Waals surface area contributed by atoms with Gasteiger partial charge in [0, 0.05) is 22.7 Å². The van der Waals surface area contributed by atoms with Crippen LogP contribution in [0.3, 0.4) is 0 Å². The number of H-pyrrole nitrogens is 1. The Bertz CT molecular complexity index is 1610. The molecule has 0 spiro atoms. The Morgan fingerprint density at radius 2 is 1.90 bits per heavy atom. The molecule has 0 aliphatic heterocycles. The van der Waals surface area contributed by atoms with Gasteiger partial charge in [0.15, 0.2) is 0 Å². The Morgan fingerprint density at radius 3 is 2.60 bits per heavy atom. The lowest BCUT2D eigenvalue weighted by atomic mass is 9.92. The molecular weight excluding hydrogens is 526 g/mol. The molecule has 1 amide bonds. The molecule has 8 heteroatoms. The quantitative estimate of drug-likeness (QED) is 0.142. The molecule has 0 saturated carbocycles. The fourth-order valence-corrected chi connectivity index (χ4v) is 4.56. The number of phenolic OH excluding ortho intramolecular Hbond substituents is 1. The van der Waals surface area contributed by atoms with Gasteiger partial charge in [0.2, 0.25) is 0 Å². The number of rotatable bonds is 10. The van der Waals surface area contributed by atoms with E-state index < -0.39 is 5.97 Å². The Labute approximate surface area is 237 Å². The van der Waals surface area contributed by atoms with Crippen molar-refractivity contribution in [2.75, 3.05) is 7.11 Å². The molecule has 3 aromatic carbocycles. The maximum atomic E-state index is 13.3. The van der Waals surface area contributed by atoms with Crippen LogP contribution in [-0.4, -0.2) is 34.1 Å². The highest BCUT2D eigenvalue weighted by atomic mass is 35.5. The van der Waals surface area contributed by atoms with Gasteiger partial charge < -0.3 is 20.1 Å². The van der Waals surface area contributed by atoms with E-state index in [9.17, 15) is 14.7 Å². The van der Waals surface area contributed by atoms with Crippen molar-refractivity contribution in [3.8, 4) is 5.75 Å². The van der Waals surface area contributed by atoms with Gasteiger partial charge in [-0.2, -0.15) is 0 Å². The molecule has 0 aliphatic carbocycles. The van der Waals surface area contributed by atoms with E-state index in [-0.39, 0.29) is 23.3 Å². The number of esters is 1. The number of hydrogen-bond acceptors (Lipinski definition) is 5. The van der Waals surface area contributed by atoms with Crippen LogP contribution in [0.4, 0.5) is 0 Å². The predicted molar refractivity (Wildman–Crippen MR) is 159 cm³/mol. The number of phenols is 1. The molecule has 0 fully saturated rings. The van der Waals surface area contributed by atoms with E-state index in [1.54, 1.807) is 42.5 Å². The zero-order chi connectivity index (χ0) is 28.6. The molecule has 1 atom stereocenters. The molecule has 0 aliphatic rings. The first kappa shape index (κ1) is 28.4. The van der Waals surface area contributed by atoms with Gasteiger partial charge in [0.25, 0.3) is 5.91 Å². The van der Waals surface area contributed by atoms with Crippen LogP contribution in [0.5, 0.6) is 5.75 Å². The van der Waals surface area contributed by atoms with Crippen LogP contribution in [-0.2, 0) is 4.74 Å². The van der Waals surface area contributed by atoms with Gasteiger partial charge in [-0.05, 0) is 53.5 Å². The van der Waals surface area contributed by atoms with Crippen molar-refractivity contribution in [1.29, 1.82) is 0 Å². The molecular formula is C32H30ClN3O4. The van der Waals surface area contributed by atoms with Crippen molar-refractivity contribution >= 4 is 45.7 Å². The number of fused-ring (bicyclic) bond motifs is 1. The van der Waals surface area contributed by atoms with Crippen LogP contribution in [0.25, 0.3) is 22.2 Å². The molecule has 40 heavy (non-hydrogen) atoms. The molecule has 4 rings (SSSR count). The number of benzene rings is 3. The summed E-state index contributed by atoms with van der Waals surface area (Å²) in [6, 6.07) is 19.3. The van der Waals surface area contributed by atoms with Gasteiger partial charge in [-0.25, -0.2) is 9.78 Å². The first-order valence-corrected chi connectivity index (χ1v) is 13.2. The third-order valence-electron chi connectivity index (χ3n) is 6.48. The number of aromatic hydroxyl groups is 1. The number of nitrogens with one attached hydrogen (secondary N) is 2. The van der Waals surface area contributed by atoms with E-state index in [1.165, 1.54) is 18.7 Å².